The Bertz CT molecular complexity index is 329. The van der Waals surface area contributed by atoms with Gasteiger partial charge in [0.15, 0.2) is 6.33 Å². The zero-order chi connectivity index (χ0) is 12.2. The van der Waals surface area contributed by atoms with Gasteiger partial charge in [0.25, 0.3) is 0 Å². The van der Waals surface area contributed by atoms with E-state index in [1.807, 2.05) is 20.8 Å². The third-order valence-electron chi connectivity index (χ3n) is 2.26. The van der Waals surface area contributed by atoms with Crippen LogP contribution in [0.2, 0.25) is 0 Å². The van der Waals surface area contributed by atoms with E-state index in [2.05, 4.69) is 15.5 Å². The van der Waals surface area contributed by atoms with Crippen molar-refractivity contribution in [3.63, 3.8) is 0 Å². The Morgan fingerprint density at radius 2 is 2.31 bits per heavy atom. The van der Waals surface area contributed by atoms with Crippen LogP contribution in [0.3, 0.4) is 0 Å². The van der Waals surface area contributed by atoms with Gasteiger partial charge >= 0.3 is 0 Å². The summed E-state index contributed by atoms with van der Waals surface area (Å²) >= 11 is 0. The van der Waals surface area contributed by atoms with Crippen molar-refractivity contribution >= 4 is 5.91 Å². The molecule has 1 unspecified atom stereocenters. The van der Waals surface area contributed by atoms with E-state index in [1.165, 1.54) is 6.33 Å². The average molecular weight is 226 g/mol. The lowest BCUT2D eigenvalue weighted by molar-refractivity contribution is -0.124. The number of hydrogen-bond donors (Lipinski definition) is 2. The van der Waals surface area contributed by atoms with Gasteiger partial charge in [0.2, 0.25) is 11.8 Å². The van der Waals surface area contributed by atoms with Crippen LogP contribution in [0, 0.1) is 5.41 Å². The van der Waals surface area contributed by atoms with Crippen LogP contribution in [-0.2, 0) is 11.2 Å². The molecule has 3 N–H and O–H groups in total. The fourth-order valence-corrected chi connectivity index (χ4v) is 1.10. The SMILES string of the molecule is CC(C)(C)C(N)C(=O)NCCc1ncno1. The molecule has 1 rings (SSSR count). The molecule has 0 aromatic carbocycles. The summed E-state index contributed by atoms with van der Waals surface area (Å²) in [5, 5.41) is 6.21. The van der Waals surface area contributed by atoms with Crippen molar-refractivity contribution in [2.24, 2.45) is 11.1 Å². The Morgan fingerprint density at radius 3 is 2.81 bits per heavy atom. The highest BCUT2D eigenvalue weighted by Gasteiger charge is 2.26. The summed E-state index contributed by atoms with van der Waals surface area (Å²) in [5.41, 5.74) is 5.55. The first-order valence-corrected chi connectivity index (χ1v) is 5.20. The first-order valence-electron chi connectivity index (χ1n) is 5.20. The molecule has 1 atom stereocenters. The van der Waals surface area contributed by atoms with Crippen molar-refractivity contribution in [2.75, 3.05) is 6.54 Å². The van der Waals surface area contributed by atoms with Crippen molar-refractivity contribution in [3.8, 4) is 0 Å². The molecule has 0 aliphatic rings. The lowest BCUT2D eigenvalue weighted by Crippen LogP contribution is -2.49. The predicted molar refractivity (Wildman–Crippen MR) is 58.4 cm³/mol. The molecule has 0 radical (unpaired) electrons. The van der Waals surface area contributed by atoms with E-state index in [-0.39, 0.29) is 11.3 Å². The summed E-state index contributed by atoms with van der Waals surface area (Å²) in [6.07, 6.45) is 1.85. The summed E-state index contributed by atoms with van der Waals surface area (Å²) in [7, 11) is 0. The third-order valence-corrected chi connectivity index (χ3v) is 2.26. The molecule has 1 aromatic rings. The third kappa shape index (κ3) is 3.62. The van der Waals surface area contributed by atoms with E-state index in [4.69, 9.17) is 10.3 Å². The summed E-state index contributed by atoms with van der Waals surface area (Å²) in [6, 6.07) is -0.518. The molecule has 0 aliphatic carbocycles. The lowest BCUT2D eigenvalue weighted by Gasteiger charge is -2.25. The van der Waals surface area contributed by atoms with Crippen molar-refractivity contribution in [1.82, 2.24) is 15.5 Å². The maximum atomic E-state index is 11.6. The van der Waals surface area contributed by atoms with E-state index in [0.29, 0.717) is 18.9 Å². The van der Waals surface area contributed by atoms with Gasteiger partial charge in [0.05, 0.1) is 6.04 Å². The van der Waals surface area contributed by atoms with Gasteiger partial charge in [0.1, 0.15) is 0 Å². The van der Waals surface area contributed by atoms with E-state index >= 15 is 0 Å². The Labute approximate surface area is 94.6 Å². The van der Waals surface area contributed by atoms with Gasteiger partial charge in [-0.1, -0.05) is 25.9 Å². The van der Waals surface area contributed by atoms with E-state index < -0.39 is 6.04 Å². The van der Waals surface area contributed by atoms with Crippen LogP contribution in [-0.4, -0.2) is 28.6 Å². The monoisotopic (exact) mass is 226 g/mol. The summed E-state index contributed by atoms with van der Waals surface area (Å²) in [5.74, 6) is 0.344. The molecule has 0 bridgehead atoms. The first-order chi connectivity index (χ1) is 7.41. The highest BCUT2D eigenvalue weighted by Crippen LogP contribution is 2.16. The number of rotatable bonds is 4. The normalized spacial score (nSPS) is 13.5. The number of hydrogen-bond acceptors (Lipinski definition) is 5. The Morgan fingerprint density at radius 1 is 1.62 bits per heavy atom. The number of nitrogens with zero attached hydrogens (tertiary/aromatic N) is 2. The first kappa shape index (κ1) is 12.6. The van der Waals surface area contributed by atoms with Gasteiger partial charge in [-0.2, -0.15) is 4.98 Å². The molecular formula is C10H18N4O2. The molecule has 6 heteroatoms. The Hall–Kier alpha value is -1.43. The molecule has 90 valence electrons. The smallest absolute Gasteiger partial charge is 0.237 e. The van der Waals surface area contributed by atoms with Crippen molar-refractivity contribution in [2.45, 2.75) is 33.2 Å². The molecule has 1 aromatic heterocycles. The maximum absolute atomic E-state index is 11.6. The van der Waals surface area contributed by atoms with E-state index in [0.717, 1.165) is 0 Å². The van der Waals surface area contributed by atoms with Gasteiger partial charge in [0, 0.05) is 13.0 Å². The zero-order valence-electron chi connectivity index (χ0n) is 9.86. The van der Waals surface area contributed by atoms with Gasteiger partial charge in [-0.3, -0.25) is 4.79 Å². The second-order valence-corrected chi connectivity index (χ2v) is 4.72. The second kappa shape index (κ2) is 5.07. The molecule has 0 spiro atoms. The minimum atomic E-state index is -0.518. The summed E-state index contributed by atoms with van der Waals surface area (Å²) < 4.78 is 4.80. The Kier molecular flexibility index (Phi) is 4.00. The minimum absolute atomic E-state index is 0.160. The van der Waals surface area contributed by atoms with Gasteiger partial charge < -0.3 is 15.6 Å². The maximum Gasteiger partial charge on any atom is 0.237 e. The van der Waals surface area contributed by atoms with Crippen molar-refractivity contribution in [1.29, 1.82) is 0 Å². The van der Waals surface area contributed by atoms with Crippen LogP contribution in [0.25, 0.3) is 0 Å². The van der Waals surface area contributed by atoms with Crippen molar-refractivity contribution in [3.05, 3.63) is 12.2 Å². The number of aromatic nitrogens is 2. The van der Waals surface area contributed by atoms with Gasteiger partial charge in [-0.05, 0) is 5.41 Å². The highest BCUT2D eigenvalue weighted by molar-refractivity contribution is 5.82. The van der Waals surface area contributed by atoms with Gasteiger partial charge in [-0.15, -0.1) is 0 Å². The topological polar surface area (TPSA) is 94.0 Å². The molecule has 0 aliphatic heterocycles. The lowest BCUT2D eigenvalue weighted by atomic mass is 9.87. The Balaban J connectivity index is 2.30. The number of nitrogens with one attached hydrogen (secondary N) is 1. The van der Waals surface area contributed by atoms with E-state index in [9.17, 15) is 4.79 Å². The van der Waals surface area contributed by atoms with Crippen LogP contribution in [0.4, 0.5) is 0 Å². The van der Waals surface area contributed by atoms with Crippen LogP contribution in [0.15, 0.2) is 10.9 Å². The van der Waals surface area contributed by atoms with E-state index in [1.54, 1.807) is 0 Å². The molecular weight excluding hydrogens is 208 g/mol. The standard InChI is InChI=1S/C10H18N4O2/c1-10(2,3)8(11)9(15)12-5-4-7-13-6-14-16-7/h6,8H,4-5,11H2,1-3H3,(H,12,15). The molecule has 6 nitrogen and oxygen atoms in total. The number of carbonyl (C=O) groups excluding carboxylic acids is 1. The molecule has 0 fully saturated rings. The summed E-state index contributed by atoms with van der Waals surface area (Å²) in [6.45, 7) is 6.23. The van der Waals surface area contributed by atoms with Crippen LogP contribution >= 0.6 is 0 Å². The van der Waals surface area contributed by atoms with Crippen molar-refractivity contribution < 1.29 is 9.32 Å². The summed E-state index contributed by atoms with van der Waals surface area (Å²) in [4.78, 5) is 15.5. The fraction of sp³-hybridized carbons (Fsp3) is 0.700. The van der Waals surface area contributed by atoms with Crippen LogP contribution in [0.5, 0.6) is 0 Å². The fourth-order valence-electron chi connectivity index (χ4n) is 1.10. The molecule has 0 saturated carbocycles. The van der Waals surface area contributed by atoms with Crippen LogP contribution < -0.4 is 11.1 Å². The predicted octanol–water partition coefficient (Wildman–Crippen LogP) is 0.102. The molecule has 1 heterocycles. The molecule has 16 heavy (non-hydrogen) atoms. The largest absolute Gasteiger partial charge is 0.354 e. The van der Waals surface area contributed by atoms with Crippen LogP contribution in [0.1, 0.15) is 26.7 Å². The minimum Gasteiger partial charge on any atom is -0.354 e. The number of amides is 1. The number of carbonyl (C=O) groups is 1. The molecule has 1 amide bonds. The number of nitrogens with two attached hydrogens (primary N) is 1. The molecule has 0 saturated heterocycles. The van der Waals surface area contributed by atoms with Gasteiger partial charge in [-0.25, -0.2) is 0 Å². The quantitative estimate of drug-likeness (QED) is 0.759. The zero-order valence-corrected chi connectivity index (χ0v) is 9.86. The highest BCUT2D eigenvalue weighted by atomic mass is 16.5. The second-order valence-electron chi connectivity index (χ2n) is 4.72. The average Bonchev–Trinajstić information content (AvgIpc) is 2.67.